The molecule has 2 aromatic heterocycles. The van der Waals surface area contributed by atoms with Gasteiger partial charge in [0, 0.05) is 36.4 Å². The first-order chi connectivity index (χ1) is 8.78. The monoisotopic (exact) mass is 265 g/mol. The summed E-state index contributed by atoms with van der Waals surface area (Å²) in [4.78, 5) is 22.8. The number of aromatic amines is 1. The molecule has 2 aromatic rings. The number of aromatic nitrogens is 4. The predicted octanol–water partition coefficient (Wildman–Crippen LogP) is 0.533. The second kappa shape index (κ2) is 4.64. The lowest BCUT2D eigenvalue weighted by molar-refractivity contribution is 0.799. The highest BCUT2D eigenvalue weighted by atomic mass is 32.2. The van der Waals surface area contributed by atoms with Crippen molar-refractivity contribution in [1.82, 2.24) is 19.6 Å². The van der Waals surface area contributed by atoms with Gasteiger partial charge in [0.25, 0.3) is 11.3 Å². The second-order valence-electron chi connectivity index (χ2n) is 4.22. The van der Waals surface area contributed by atoms with E-state index in [4.69, 9.17) is 0 Å². The van der Waals surface area contributed by atoms with Gasteiger partial charge in [0.05, 0.1) is 0 Å². The van der Waals surface area contributed by atoms with Crippen molar-refractivity contribution < 1.29 is 0 Å². The van der Waals surface area contributed by atoms with E-state index in [0.29, 0.717) is 5.78 Å². The van der Waals surface area contributed by atoms with Gasteiger partial charge in [-0.25, -0.2) is 4.98 Å². The molecular weight excluding hydrogens is 250 g/mol. The summed E-state index contributed by atoms with van der Waals surface area (Å²) < 4.78 is 1.41. The highest BCUT2D eigenvalue weighted by Crippen LogP contribution is 2.15. The molecule has 96 valence electrons. The van der Waals surface area contributed by atoms with E-state index < -0.39 is 0 Å². The minimum absolute atomic E-state index is 0.0954. The largest absolute Gasteiger partial charge is 0.340 e. The molecule has 3 rings (SSSR count). The third-order valence-corrected chi connectivity index (χ3v) is 3.99. The molecule has 18 heavy (non-hydrogen) atoms. The Bertz CT molecular complexity index is 613. The zero-order chi connectivity index (χ0) is 12.5. The van der Waals surface area contributed by atoms with Crippen LogP contribution in [-0.4, -0.2) is 44.2 Å². The SMILES string of the molecule is CCc1cc(=O)n2[nH]c(N3CCSCC3)nc2n1. The summed E-state index contributed by atoms with van der Waals surface area (Å²) in [6.07, 6.45) is 0.744. The first-order valence-electron chi connectivity index (χ1n) is 6.09. The Labute approximate surface area is 108 Å². The summed E-state index contributed by atoms with van der Waals surface area (Å²) in [6, 6.07) is 1.56. The average molecular weight is 265 g/mol. The summed E-state index contributed by atoms with van der Waals surface area (Å²) in [7, 11) is 0. The number of hydrogen-bond donors (Lipinski definition) is 1. The molecule has 0 atom stereocenters. The van der Waals surface area contributed by atoms with Gasteiger partial charge in [-0.2, -0.15) is 21.3 Å². The van der Waals surface area contributed by atoms with Crippen molar-refractivity contribution in [3.8, 4) is 0 Å². The lowest BCUT2D eigenvalue weighted by Crippen LogP contribution is -2.33. The molecule has 0 unspecified atom stereocenters. The van der Waals surface area contributed by atoms with Crippen LogP contribution >= 0.6 is 11.8 Å². The Morgan fingerprint density at radius 1 is 1.39 bits per heavy atom. The predicted molar refractivity (Wildman–Crippen MR) is 72.5 cm³/mol. The number of nitrogens with one attached hydrogen (secondary N) is 1. The summed E-state index contributed by atoms with van der Waals surface area (Å²) in [5, 5.41) is 3.03. The van der Waals surface area contributed by atoms with Gasteiger partial charge in [-0.3, -0.25) is 9.89 Å². The van der Waals surface area contributed by atoms with Gasteiger partial charge in [-0.05, 0) is 6.42 Å². The molecule has 7 heteroatoms. The van der Waals surface area contributed by atoms with Gasteiger partial charge in [0.15, 0.2) is 0 Å². The summed E-state index contributed by atoms with van der Waals surface area (Å²) in [5.74, 6) is 3.40. The van der Waals surface area contributed by atoms with E-state index in [1.165, 1.54) is 4.52 Å². The van der Waals surface area contributed by atoms with E-state index in [1.54, 1.807) is 6.07 Å². The number of aryl methyl sites for hydroxylation is 1. The van der Waals surface area contributed by atoms with E-state index in [9.17, 15) is 4.79 Å². The highest BCUT2D eigenvalue weighted by molar-refractivity contribution is 7.99. The van der Waals surface area contributed by atoms with Gasteiger partial charge >= 0.3 is 0 Å². The van der Waals surface area contributed by atoms with Gasteiger partial charge in [-0.1, -0.05) is 6.92 Å². The molecule has 0 aromatic carbocycles. The maximum Gasteiger partial charge on any atom is 0.274 e. The molecular formula is C11H15N5OS. The standard InChI is InChI=1S/C11H15N5OS/c1-2-8-7-9(17)16-10(12-8)13-11(14-16)15-3-5-18-6-4-15/h7H,2-6H2,1H3,(H,12,13,14). The van der Waals surface area contributed by atoms with Crippen LogP contribution < -0.4 is 10.5 Å². The third-order valence-electron chi connectivity index (χ3n) is 3.04. The van der Waals surface area contributed by atoms with E-state index in [2.05, 4.69) is 20.0 Å². The number of rotatable bonds is 2. The summed E-state index contributed by atoms with van der Waals surface area (Å²) in [6.45, 7) is 3.90. The molecule has 1 saturated heterocycles. The molecule has 0 bridgehead atoms. The summed E-state index contributed by atoms with van der Waals surface area (Å²) in [5.41, 5.74) is 0.689. The van der Waals surface area contributed by atoms with Crippen LogP contribution in [0.15, 0.2) is 10.9 Å². The van der Waals surface area contributed by atoms with Crippen molar-refractivity contribution in [2.24, 2.45) is 0 Å². The lowest BCUT2D eigenvalue weighted by Gasteiger charge is -2.25. The van der Waals surface area contributed by atoms with Crippen molar-refractivity contribution in [1.29, 1.82) is 0 Å². The molecule has 1 aliphatic heterocycles. The normalized spacial score (nSPS) is 16.4. The van der Waals surface area contributed by atoms with Crippen molar-refractivity contribution in [3.63, 3.8) is 0 Å². The van der Waals surface area contributed by atoms with Crippen LogP contribution in [0.3, 0.4) is 0 Å². The molecule has 0 radical (unpaired) electrons. The average Bonchev–Trinajstić information content (AvgIpc) is 2.84. The Morgan fingerprint density at radius 2 is 2.17 bits per heavy atom. The van der Waals surface area contributed by atoms with Crippen LogP contribution in [0.4, 0.5) is 5.95 Å². The lowest BCUT2D eigenvalue weighted by atomic mass is 10.3. The zero-order valence-electron chi connectivity index (χ0n) is 10.2. The van der Waals surface area contributed by atoms with Crippen molar-refractivity contribution >= 4 is 23.5 Å². The fraction of sp³-hybridized carbons (Fsp3) is 0.545. The van der Waals surface area contributed by atoms with E-state index in [0.717, 1.165) is 42.7 Å². The fourth-order valence-corrected chi connectivity index (χ4v) is 2.92. The molecule has 3 heterocycles. The maximum atomic E-state index is 11.9. The number of thioether (sulfide) groups is 1. The Balaban J connectivity index is 2.04. The molecule has 1 aliphatic rings. The van der Waals surface area contributed by atoms with Crippen molar-refractivity contribution in [2.75, 3.05) is 29.5 Å². The van der Waals surface area contributed by atoms with Crippen LogP contribution in [0, 0.1) is 0 Å². The molecule has 1 fully saturated rings. The first kappa shape index (κ1) is 11.6. The number of fused-ring (bicyclic) bond motifs is 1. The Kier molecular flexibility index (Phi) is 2.99. The molecule has 0 saturated carbocycles. The minimum atomic E-state index is -0.0954. The van der Waals surface area contributed by atoms with Crippen LogP contribution in [0.2, 0.25) is 0 Å². The molecule has 6 nitrogen and oxygen atoms in total. The van der Waals surface area contributed by atoms with Crippen LogP contribution in [0.5, 0.6) is 0 Å². The quantitative estimate of drug-likeness (QED) is 0.858. The Morgan fingerprint density at radius 3 is 2.89 bits per heavy atom. The van der Waals surface area contributed by atoms with Crippen LogP contribution in [0.25, 0.3) is 5.78 Å². The molecule has 0 spiro atoms. The van der Waals surface area contributed by atoms with Crippen LogP contribution in [-0.2, 0) is 6.42 Å². The van der Waals surface area contributed by atoms with Crippen molar-refractivity contribution in [2.45, 2.75) is 13.3 Å². The highest BCUT2D eigenvalue weighted by Gasteiger charge is 2.16. The first-order valence-corrected chi connectivity index (χ1v) is 7.25. The van der Waals surface area contributed by atoms with Gasteiger partial charge in [-0.15, -0.1) is 0 Å². The zero-order valence-corrected chi connectivity index (χ0v) is 11.0. The smallest absolute Gasteiger partial charge is 0.274 e. The number of hydrogen-bond acceptors (Lipinski definition) is 5. The number of nitrogens with zero attached hydrogens (tertiary/aromatic N) is 4. The van der Waals surface area contributed by atoms with Crippen LogP contribution in [0.1, 0.15) is 12.6 Å². The third kappa shape index (κ3) is 1.98. The number of H-pyrrole nitrogens is 1. The molecule has 0 aliphatic carbocycles. The van der Waals surface area contributed by atoms with E-state index in [1.807, 2.05) is 18.7 Å². The summed E-state index contributed by atoms with van der Waals surface area (Å²) >= 11 is 1.94. The van der Waals surface area contributed by atoms with Gasteiger partial charge in [0.2, 0.25) is 5.95 Å². The minimum Gasteiger partial charge on any atom is -0.340 e. The second-order valence-corrected chi connectivity index (χ2v) is 5.45. The van der Waals surface area contributed by atoms with Gasteiger partial charge in [0.1, 0.15) is 0 Å². The molecule has 0 amide bonds. The number of anilines is 1. The Hall–Kier alpha value is -1.50. The maximum absolute atomic E-state index is 11.9. The van der Waals surface area contributed by atoms with E-state index >= 15 is 0 Å². The van der Waals surface area contributed by atoms with Crippen molar-refractivity contribution in [3.05, 3.63) is 22.1 Å². The topological polar surface area (TPSA) is 66.3 Å². The fourth-order valence-electron chi connectivity index (χ4n) is 2.01. The molecule has 1 N–H and O–H groups in total. The van der Waals surface area contributed by atoms with Gasteiger partial charge < -0.3 is 4.90 Å². The van der Waals surface area contributed by atoms with E-state index in [-0.39, 0.29) is 5.56 Å².